The van der Waals surface area contributed by atoms with E-state index < -0.39 is 14.8 Å². The van der Waals surface area contributed by atoms with Crippen molar-refractivity contribution in [2.75, 3.05) is 11.6 Å². The molecule has 0 spiro atoms. The van der Waals surface area contributed by atoms with Gasteiger partial charge in [-0.15, -0.1) is 0 Å². The molecule has 0 atom stereocenters. The predicted molar refractivity (Wildman–Crippen MR) is 93.3 cm³/mol. The first-order valence-electron chi connectivity index (χ1n) is 8.11. The van der Waals surface area contributed by atoms with E-state index in [1.54, 1.807) is 0 Å². The molecule has 1 saturated carbocycles. The molecule has 3 rings (SSSR count). The van der Waals surface area contributed by atoms with Crippen LogP contribution in [0.4, 0.5) is 11.4 Å². The largest absolute Gasteiger partial charge is 0.374 e. The van der Waals surface area contributed by atoms with Gasteiger partial charge in [0.05, 0.1) is 28.1 Å². The van der Waals surface area contributed by atoms with Crippen LogP contribution in [0.2, 0.25) is 0 Å². The van der Waals surface area contributed by atoms with Crippen molar-refractivity contribution in [1.29, 1.82) is 0 Å². The smallest absolute Gasteiger partial charge is 0.293 e. The number of hydrogen-bond donors (Lipinski definition) is 1. The summed E-state index contributed by atoms with van der Waals surface area (Å²) in [7, 11) is -3.50. The van der Waals surface area contributed by atoms with E-state index in [9.17, 15) is 18.5 Å². The number of hydrogen-bond acceptors (Lipinski definition) is 6. The van der Waals surface area contributed by atoms with Gasteiger partial charge in [0, 0.05) is 18.5 Å². The molecule has 1 fully saturated rings. The topological polar surface area (TPSA) is 107 Å². The molecule has 1 N–H and O–H groups in total. The summed E-state index contributed by atoms with van der Waals surface area (Å²) in [5, 5.41) is 18.7. The van der Waals surface area contributed by atoms with Crippen LogP contribution in [0.1, 0.15) is 37.4 Å². The zero-order valence-corrected chi connectivity index (χ0v) is 14.7. The molecule has 9 heteroatoms. The van der Waals surface area contributed by atoms with Crippen LogP contribution < -0.4 is 5.32 Å². The molecule has 1 aliphatic carbocycles. The number of nitrogens with one attached hydrogen (secondary N) is 1. The Kier molecular flexibility index (Phi) is 4.76. The Bertz CT molecular complexity index is 885. The molecule has 1 aromatic heterocycles. The summed E-state index contributed by atoms with van der Waals surface area (Å²) in [5.41, 5.74) is 0.791. The summed E-state index contributed by atoms with van der Waals surface area (Å²) in [6.07, 6.45) is 7.66. The van der Waals surface area contributed by atoms with Gasteiger partial charge in [-0.3, -0.25) is 14.8 Å². The third-order valence-corrected chi connectivity index (χ3v) is 5.53. The molecule has 1 aromatic carbocycles. The Morgan fingerprint density at radius 3 is 2.68 bits per heavy atom. The minimum absolute atomic E-state index is 0.0738. The number of aromatic nitrogens is 2. The standard InChI is InChI=1S/C16H20N4O4S/c1-25(23,24)14-6-7-15(16(10-14)20(21)22)17-11-12-8-9-19(18-12)13-4-2-3-5-13/h6-10,13,17H,2-5,11H2,1H3. The number of nitrogens with zero attached hydrogens (tertiary/aromatic N) is 3. The van der Waals surface area contributed by atoms with Crippen LogP contribution in [-0.4, -0.2) is 29.4 Å². The molecule has 25 heavy (non-hydrogen) atoms. The van der Waals surface area contributed by atoms with Crippen molar-refractivity contribution in [3.8, 4) is 0 Å². The van der Waals surface area contributed by atoms with Crippen molar-refractivity contribution < 1.29 is 13.3 Å². The number of benzene rings is 1. The molecule has 0 amide bonds. The summed E-state index contributed by atoms with van der Waals surface area (Å²) < 4.78 is 25.1. The van der Waals surface area contributed by atoms with Crippen LogP contribution in [0.3, 0.4) is 0 Å². The third kappa shape index (κ3) is 3.98. The zero-order valence-electron chi connectivity index (χ0n) is 13.9. The first kappa shape index (κ1) is 17.4. The lowest BCUT2D eigenvalue weighted by Crippen LogP contribution is -2.08. The van der Waals surface area contributed by atoms with Crippen molar-refractivity contribution in [3.05, 3.63) is 46.3 Å². The van der Waals surface area contributed by atoms with Gasteiger partial charge in [0.25, 0.3) is 5.69 Å². The van der Waals surface area contributed by atoms with Gasteiger partial charge < -0.3 is 5.32 Å². The number of anilines is 1. The fraction of sp³-hybridized carbons (Fsp3) is 0.438. The fourth-order valence-electron chi connectivity index (χ4n) is 3.07. The van der Waals surface area contributed by atoms with Gasteiger partial charge in [-0.25, -0.2) is 8.42 Å². The molecule has 0 saturated heterocycles. The van der Waals surface area contributed by atoms with E-state index in [0.717, 1.165) is 30.9 Å². The molecule has 8 nitrogen and oxygen atoms in total. The first-order valence-corrected chi connectivity index (χ1v) is 10.00. The fourth-order valence-corrected chi connectivity index (χ4v) is 3.71. The van der Waals surface area contributed by atoms with Crippen molar-refractivity contribution in [3.63, 3.8) is 0 Å². The monoisotopic (exact) mass is 364 g/mol. The molecule has 134 valence electrons. The molecule has 1 aliphatic rings. The zero-order chi connectivity index (χ0) is 18.0. The van der Waals surface area contributed by atoms with Crippen molar-refractivity contribution in [2.24, 2.45) is 0 Å². The molecule has 0 bridgehead atoms. The molecular formula is C16H20N4O4S. The first-order chi connectivity index (χ1) is 11.8. The van der Waals surface area contributed by atoms with E-state index in [4.69, 9.17) is 0 Å². The lowest BCUT2D eigenvalue weighted by atomic mass is 10.2. The van der Waals surface area contributed by atoms with E-state index >= 15 is 0 Å². The number of nitro groups is 1. The lowest BCUT2D eigenvalue weighted by Gasteiger charge is -2.09. The summed E-state index contributed by atoms with van der Waals surface area (Å²) >= 11 is 0. The highest BCUT2D eigenvalue weighted by molar-refractivity contribution is 7.90. The van der Waals surface area contributed by atoms with Crippen molar-refractivity contribution >= 4 is 21.2 Å². The van der Waals surface area contributed by atoms with Gasteiger partial charge in [0.1, 0.15) is 5.69 Å². The van der Waals surface area contributed by atoms with Crippen molar-refractivity contribution in [1.82, 2.24) is 9.78 Å². The highest BCUT2D eigenvalue weighted by atomic mass is 32.2. The van der Waals surface area contributed by atoms with E-state index in [1.807, 2.05) is 16.9 Å². The Morgan fingerprint density at radius 1 is 1.32 bits per heavy atom. The predicted octanol–water partition coefficient (Wildman–Crippen LogP) is 2.92. The maximum Gasteiger partial charge on any atom is 0.293 e. The van der Waals surface area contributed by atoms with Crippen molar-refractivity contribution in [2.45, 2.75) is 43.2 Å². The maximum absolute atomic E-state index is 11.6. The van der Waals surface area contributed by atoms with E-state index in [1.165, 1.54) is 25.0 Å². The van der Waals surface area contributed by atoms with Crippen LogP contribution in [0.25, 0.3) is 0 Å². The van der Waals surface area contributed by atoms with E-state index in [0.29, 0.717) is 12.6 Å². The van der Waals surface area contributed by atoms with Crippen LogP contribution in [0.15, 0.2) is 35.4 Å². The average Bonchev–Trinajstić information content (AvgIpc) is 3.22. The third-order valence-electron chi connectivity index (χ3n) is 4.42. The van der Waals surface area contributed by atoms with E-state index in [-0.39, 0.29) is 16.3 Å². The second kappa shape index (κ2) is 6.83. The number of nitro benzene ring substituents is 1. The van der Waals surface area contributed by atoms with E-state index in [2.05, 4.69) is 10.4 Å². The number of rotatable bonds is 6. The quantitative estimate of drug-likeness (QED) is 0.624. The second-order valence-corrected chi connectivity index (χ2v) is 8.30. The maximum atomic E-state index is 11.6. The molecule has 1 heterocycles. The summed E-state index contributed by atoms with van der Waals surface area (Å²) in [6.45, 7) is 0.332. The van der Waals surface area contributed by atoms with Gasteiger partial charge in [0.15, 0.2) is 9.84 Å². The highest BCUT2D eigenvalue weighted by Crippen LogP contribution is 2.30. The Balaban J connectivity index is 1.75. The Labute approximate surface area is 145 Å². The molecular weight excluding hydrogens is 344 g/mol. The molecule has 2 aromatic rings. The van der Waals surface area contributed by atoms with Crippen LogP contribution >= 0.6 is 0 Å². The molecule has 0 radical (unpaired) electrons. The highest BCUT2D eigenvalue weighted by Gasteiger charge is 2.20. The average molecular weight is 364 g/mol. The second-order valence-electron chi connectivity index (χ2n) is 6.29. The van der Waals surface area contributed by atoms with Crippen LogP contribution in [0.5, 0.6) is 0 Å². The summed E-state index contributed by atoms with van der Waals surface area (Å²) in [6, 6.07) is 6.19. The minimum Gasteiger partial charge on any atom is -0.374 e. The normalized spacial score (nSPS) is 15.4. The van der Waals surface area contributed by atoms with Gasteiger partial charge >= 0.3 is 0 Å². The van der Waals surface area contributed by atoms with Gasteiger partial charge in [0.2, 0.25) is 0 Å². The Morgan fingerprint density at radius 2 is 2.04 bits per heavy atom. The summed E-state index contributed by atoms with van der Waals surface area (Å²) in [5.74, 6) is 0. The lowest BCUT2D eigenvalue weighted by molar-refractivity contribution is -0.384. The summed E-state index contributed by atoms with van der Waals surface area (Å²) in [4.78, 5) is 10.6. The van der Waals surface area contributed by atoms with Crippen LogP contribution in [-0.2, 0) is 16.4 Å². The minimum atomic E-state index is -3.50. The molecule has 0 unspecified atom stereocenters. The number of sulfone groups is 1. The SMILES string of the molecule is CS(=O)(=O)c1ccc(NCc2ccn(C3CCCC3)n2)c([N+](=O)[O-])c1. The Hall–Kier alpha value is -2.42. The van der Waals surface area contributed by atoms with Crippen LogP contribution in [0, 0.1) is 10.1 Å². The molecule has 0 aliphatic heterocycles. The van der Waals surface area contributed by atoms with Gasteiger partial charge in [-0.2, -0.15) is 5.10 Å². The van der Waals surface area contributed by atoms with Gasteiger partial charge in [-0.05, 0) is 31.0 Å². The van der Waals surface area contributed by atoms with Gasteiger partial charge in [-0.1, -0.05) is 12.8 Å².